The van der Waals surface area contributed by atoms with E-state index in [0.717, 1.165) is 24.6 Å². The highest BCUT2D eigenvalue weighted by Crippen LogP contribution is 2.45. The molecule has 5 N–H and O–H groups in total. The zero-order chi connectivity index (χ0) is 18.1. The molecule has 0 aliphatic carbocycles. The van der Waals surface area contributed by atoms with Crippen LogP contribution in [0.1, 0.15) is 19.8 Å². The van der Waals surface area contributed by atoms with E-state index in [-0.39, 0.29) is 23.9 Å². The number of rotatable bonds is 6. The molecular weight excluding hydrogens is 348 g/mol. The average molecular weight is 370 g/mol. The second-order valence-corrected chi connectivity index (χ2v) is 6.98. The number of thioether (sulfide) groups is 1. The van der Waals surface area contributed by atoms with E-state index in [0.29, 0.717) is 16.5 Å². The van der Waals surface area contributed by atoms with E-state index in [1.54, 1.807) is 0 Å². The van der Waals surface area contributed by atoms with Gasteiger partial charge in [0.15, 0.2) is 12.0 Å². The molecule has 0 saturated carbocycles. The summed E-state index contributed by atoms with van der Waals surface area (Å²) < 4.78 is 11.5. The van der Waals surface area contributed by atoms with Gasteiger partial charge in [-0.2, -0.15) is 4.98 Å². The first-order valence-electron chi connectivity index (χ1n) is 8.09. The molecule has 138 valence electrons. The normalized spacial score (nSPS) is 28.6. The van der Waals surface area contributed by atoms with Crippen LogP contribution in [0, 0.1) is 0 Å². The summed E-state index contributed by atoms with van der Waals surface area (Å²) >= 11 is 1.13. The highest BCUT2D eigenvalue weighted by Gasteiger charge is 2.50. The summed E-state index contributed by atoms with van der Waals surface area (Å²) in [7, 11) is 0. The molecule has 1 fully saturated rings. The number of H-pyrrole nitrogens is 1. The van der Waals surface area contributed by atoms with E-state index in [1.807, 2.05) is 6.92 Å². The molecule has 25 heavy (non-hydrogen) atoms. The number of nitrogens with two attached hydrogens (primary N) is 1. The van der Waals surface area contributed by atoms with Gasteiger partial charge in [-0.15, -0.1) is 0 Å². The lowest BCUT2D eigenvalue weighted by Gasteiger charge is -2.28. The third-order valence-corrected chi connectivity index (χ3v) is 5.15. The Bertz CT molecular complexity index is 712. The van der Waals surface area contributed by atoms with Crippen LogP contribution in [-0.2, 0) is 9.47 Å². The van der Waals surface area contributed by atoms with Gasteiger partial charge in [-0.05, 0) is 6.42 Å². The van der Waals surface area contributed by atoms with Crippen molar-refractivity contribution >= 4 is 23.5 Å². The fourth-order valence-corrected chi connectivity index (χ4v) is 3.82. The standard InChI is InChI=1S/C15H22N4O5S/c1-3-4-5-23-10-8(6-20)24-14(9(10)21)19-7(2)25-11-12(19)17-15(16)18-13(11)22/h8-10,14,20-21H,2-6H2,1H3,(H3,16,17,18,22)/t8-,9-,10+,14-/m1/s1. The summed E-state index contributed by atoms with van der Waals surface area (Å²) in [5, 5.41) is 20.7. The number of anilines is 2. The summed E-state index contributed by atoms with van der Waals surface area (Å²) in [5.41, 5.74) is 5.26. The van der Waals surface area contributed by atoms with Gasteiger partial charge >= 0.3 is 0 Å². The monoisotopic (exact) mass is 370 g/mol. The van der Waals surface area contributed by atoms with E-state index in [9.17, 15) is 15.0 Å². The molecular formula is C15H22N4O5S. The van der Waals surface area contributed by atoms with Gasteiger partial charge in [0.1, 0.15) is 23.2 Å². The minimum absolute atomic E-state index is 0.0361. The van der Waals surface area contributed by atoms with Gasteiger partial charge in [-0.3, -0.25) is 14.7 Å². The summed E-state index contributed by atoms with van der Waals surface area (Å²) in [5.74, 6) is 0.247. The number of fused-ring (bicyclic) bond motifs is 1. The second kappa shape index (κ2) is 7.34. The molecule has 0 aromatic carbocycles. The topological polar surface area (TPSA) is 134 Å². The lowest BCUT2D eigenvalue weighted by molar-refractivity contribution is -0.0549. The van der Waals surface area contributed by atoms with Gasteiger partial charge in [-0.25, -0.2) is 0 Å². The second-order valence-electron chi connectivity index (χ2n) is 5.90. The number of aromatic amines is 1. The molecule has 2 aliphatic rings. The third kappa shape index (κ3) is 3.27. The van der Waals surface area contributed by atoms with Gasteiger partial charge < -0.3 is 25.4 Å². The molecule has 1 aromatic rings. The molecule has 0 bridgehead atoms. The zero-order valence-electron chi connectivity index (χ0n) is 13.8. The van der Waals surface area contributed by atoms with E-state index >= 15 is 0 Å². The molecule has 3 heterocycles. The summed E-state index contributed by atoms with van der Waals surface area (Å²) in [4.78, 5) is 20.5. The predicted molar refractivity (Wildman–Crippen MR) is 93.1 cm³/mol. The fourth-order valence-electron chi connectivity index (χ4n) is 2.92. The molecule has 10 heteroatoms. The number of nitrogens with one attached hydrogen (secondary N) is 1. The number of nitrogen functional groups attached to an aromatic ring is 1. The molecule has 9 nitrogen and oxygen atoms in total. The number of ether oxygens (including phenoxy) is 2. The van der Waals surface area contributed by atoms with Crippen molar-refractivity contribution in [1.82, 2.24) is 9.97 Å². The van der Waals surface area contributed by atoms with Gasteiger partial charge in [0.05, 0.1) is 11.6 Å². The maximum Gasteiger partial charge on any atom is 0.268 e. The van der Waals surface area contributed by atoms with Crippen molar-refractivity contribution in [3.8, 4) is 0 Å². The van der Waals surface area contributed by atoms with Gasteiger partial charge in [0.2, 0.25) is 5.95 Å². The Hall–Kier alpha value is -1.59. The number of aliphatic hydroxyl groups is 2. The minimum atomic E-state index is -1.04. The molecule has 1 aromatic heterocycles. The Morgan fingerprint density at radius 1 is 1.56 bits per heavy atom. The summed E-state index contributed by atoms with van der Waals surface area (Å²) in [6.07, 6.45) is -1.48. The Kier molecular flexibility index (Phi) is 5.35. The van der Waals surface area contributed by atoms with Crippen molar-refractivity contribution in [1.29, 1.82) is 0 Å². The Balaban J connectivity index is 1.87. The highest BCUT2D eigenvalue weighted by atomic mass is 32.2. The quantitative estimate of drug-likeness (QED) is 0.510. The van der Waals surface area contributed by atoms with Crippen LogP contribution in [0.4, 0.5) is 11.8 Å². The zero-order valence-corrected chi connectivity index (χ0v) is 14.7. The Morgan fingerprint density at radius 2 is 2.32 bits per heavy atom. The average Bonchev–Trinajstić information content (AvgIpc) is 3.05. The fraction of sp³-hybridized carbons (Fsp3) is 0.600. The molecule has 0 radical (unpaired) electrons. The first-order valence-corrected chi connectivity index (χ1v) is 8.91. The Morgan fingerprint density at radius 3 is 3.00 bits per heavy atom. The van der Waals surface area contributed by atoms with E-state index in [2.05, 4.69) is 16.5 Å². The molecule has 4 atom stereocenters. The van der Waals surface area contributed by atoms with Crippen LogP contribution >= 0.6 is 11.8 Å². The van der Waals surface area contributed by atoms with Gasteiger partial charge in [-0.1, -0.05) is 31.7 Å². The van der Waals surface area contributed by atoms with Crippen LogP contribution in [0.25, 0.3) is 0 Å². The first kappa shape index (κ1) is 18.2. The van der Waals surface area contributed by atoms with Gasteiger partial charge in [0, 0.05) is 6.61 Å². The van der Waals surface area contributed by atoms with Crippen molar-refractivity contribution in [2.24, 2.45) is 0 Å². The van der Waals surface area contributed by atoms with Crippen LogP contribution in [0.2, 0.25) is 0 Å². The van der Waals surface area contributed by atoms with E-state index in [1.165, 1.54) is 4.90 Å². The molecule has 0 amide bonds. The van der Waals surface area contributed by atoms with Crippen LogP contribution < -0.4 is 16.2 Å². The highest BCUT2D eigenvalue weighted by molar-refractivity contribution is 8.03. The van der Waals surface area contributed by atoms with E-state index in [4.69, 9.17) is 15.2 Å². The molecule has 1 saturated heterocycles. The number of aromatic nitrogens is 2. The summed E-state index contributed by atoms with van der Waals surface area (Å²) in [6, 6.07) is 0. The van der Waals surface area contributed by atoms with Crippen molar-refractivity contribution in [2.45, 2.75) is 49.2 Å². The lowest BCUT2D eigenvalue weighted by atomic mass is 10.1. The van der Waals surface area contributed by atoms with Crippen LogP contribution in [0.15, 0.2) is 21.3 Å². The molecule has 3 rings (SSSR count). The van der Waals surface area contributed by atoms with E-state index < -0.39 is 24.5 Å². The number of hydrogen-bond acceptors (Lipinski definition) is 9. The largest absolute Gasteiger partial charge is 0.394 e. The summed E-state index contributed by atoms with van der Waals surface area (Å²) in [6.45, 7) is 6.11. The van der Waals surface area contributed by atoms with Crippen molar-refractivity contribution in [3.63, 3.8) is 0 Å². The van der Waals surface area contributed by atoms with Crippen molar-refractivity contribution in [3.05, 3.63) is 22.0 Å². The first-order chi connectivity index (χ1) is 12.0. The molecule has 0 unspecified atom stereocenters. The van der Waals surface area contributed by atoms with Crippen LogP contribution in [-0.4, -0.2) is 57.9 Å². The van der Waals surface area contributed by atoms with Gasteiger partial charge in [0.25, 0.3) is 5.56 Å². The smallest absolute Gasteiger partial charge is 0.268 e. The maximum absolute atomic E-state index is 12.0. The minimum Gasteiger partial charge on any atom is -0.394 e. The van der Waals surface area contributed by atoms with Crippen LogP contribution in [0.5, 0.6) is 0 Å². The molecule has 2 aliphatic heterocycles. The number of aliphatic hydroxyl groups excluding tert-OH is 2. The lowest BCUT2D eigenvalue weighted by Crippen LogP contribution is -2.43. The maximum atomic E-state index is 12.0. The predicted octanol–water partition coefficient (Wildman–Crippen LogP) is -0.00120. The third-order valence-electron chi connectivity index (χ3n) is 4.15. The van der Waals surface area contributed by atoms with Crippen molar-refractivity contribution < 1.29 is 19.7 Å². The number of unbranched alkanes of at least 4 members (excludes halogenated alkanes) is 1. The SMILES string of the molecule is C=C1Sc2c(nc(N)[nH]c2=O)N1[C@@H]1O[C@H](CO)[C@H](OCCCC)[C@H]1O. The number of hydrogen-bond donors (Lipinski definition) is 4. The Labute approximate surface area is 148 Å². The van der Waals surface area contributed by atoms with Crippen molar-refractivity contribution in [2.75, 3.05) is 23.8 Å². The molecule has 0 spiro atoms. The van der Waals surface area contributed by atoms with Crippen LogP contribution in [0.3, 0.4) is 0 Å². The number of nitrogens with zero attached hydrogens (tertiary/aromatic N) is 2.